The molecule has 0 bridgehead atoms. The Bertz CT molecular complexity index is 719. The van der Waals surface area contributed by atoms with Crippen LogP contribution in [0.3, 0.4) is 0 Å². The molecular weight excluding hydrogens is 380 g/mol. The molecule has 160 valence electrons. The number of rotatable bonds is 4. The van der Waals surface area contributed by atoms with Crippen molar-refractivity contribution in [3.05, 3.63) is 15.8 Å². The van der Waals surface area contributed by atoms with E-state index in [0.717, 1.165) is 17.3 Å². The van der Waals surface area contributed by atoms with Gasteiger partial charge in [-0.1, -0.05) is 77.6 Å². The molecule has 1 N–H and O–H groups in total. The lowest BCUT2D eigenvalue weighted by molar-refractivity contribution is -0.105. The summed E-state index contributed by atoms with van der Waals surface area (Å²) in [6, 6.07) is 3.13. The van der Waals surface area contributed by atoms with Crippen LogP contribution in [0.2, 0.25) is 0 Å². The molecule has 1 aromatic rings. The van der Waals surface area contributed by atoms with Gasteiger partial charge in [-0.15, -0.1) is 11.3 Å². The summed E-state index contributed by atoms with van der Waals surface area (Å²) in [6.07, 6.45) is 10.5. The largest absolute Gasteiger partial charge is 0.327 e. The van der Waals surface area contributed by atoms with Gasteiger partial charge < -0.3 is 5.32 Å². The maximum Gasteiger partial charge on any atom is 0.274 e. The summed E-state index contributed by atoms with van der Waals surface area (Å²) in [5, 5.41) is 11.0. The molecule has 2 rings (SSSR count). The molecule has 0 aromatic carbocycles. The maximum atomic E-state index is 11.4. The highest BCUT2D eigenvalue weighted by Crippen LogP contribution is 2.27. The molecule has 0 radical (unpaired) electrons. The molecule has 1 amide bonds. The molecule has 0 spiro atoms. The molecule has 1 heterocycles. The Morgan fingerprint density at radius 2 is 1.83 bits per heavy atom. The van der Waals surface area contributed by atoms with Crippen LogP contribution in [0.25, 0.3) is 0 Å². The van der Waals surface area contributed by atoms with Crippen LogP contribution in [-0.2, 0) is 4.79 Å². The number of nitrogens with one attached hydrogen (secondary N) is 1. The fourth-order valence-corrected chi connectivity index (χ4v) is 3.26. The number of carbonyl (C=O) groups is 2. The van der Waals surface area contributed by atoms with Crippen molar-refractivity contribution in [2.24, 2.45) is 11.3 Å². The normalized spacial score (nSPS) is 13.3. The van der Waals surface area contributed by atoms with Crippen LogP contribution < -0.4 is 5.32 Å². The van der Waals surface area contributed by atoms with Crippen LogP contribution in [0.1, 0.15) is 101 Å². The summed E-state index contributed by atoms with van der Waals surface area (Å²) in [5.41, 5.74) is 0.182. The van der Waals surface area contributed by atoms with E-state index in [1.807, 2.05) is 20.8 Å². The van der Waals surface area contributed by atoms with Crippen LogP contribution in [-0.4, -0.2) is 12.2 Å². The van der Waals surface area contributed by atoms with E-state index in [1.54, 1.807) is 6.07 Å². The summed E-state index contributed by atoms with van der Waals surface area (Å²) in [4.78, 5) is 22.7. The Morgan fingerprint density at radius 3 is 2.21 bits per heavy atom. The van der Waals surface area contributed by atoms with Gasteiger partial charge in [-0.3, -0.25) is 9.59 Å². The standard InChI is InChI=1S/C13H12N2O2S.C7H14.C4H10/c1-13(2,3)5-4-9-6-10(15-8-16)12(18-9)11(17)7-14;1-7-5-3-2-4-6-7;1-3-4-2/h6,8H,1-3H3,(H,15,16);7H,2-6H2,1H3;3-4H2,1-2H3. The zero-order valence-corrected chi connectivity index (χ0v) is 19.7. The van der Waals surface area contributed by atoms with Gasteiger partial charge in [-0.2, -0.15) is 5.26 Å². The number of ketones is 1. The van der Waals surface area contributed by atoms with Crippen molar-refractivity contribution in [1.82, 2.24) is 0 Å². The topological polar surface area (TPSA) is 70.0 Å². The van der Waals surface area contributed by atoms with Gasteiger partial charge >= 0.3 is 0 Å². The van der Waals surface area contributed by atoms with E-state index in [2.05, 4.69) is 37.9 Å². The Balaban J connectivity index is 0.000000581. The van der Waals surface area contributed by atoms with Crippen molar-refractivity contribution < 1.29 is 9.59 Å². The van der Waals surface area contributed by atoms with Gasteiger partial charge in [0, 0.05) is 5.41 Å². The zero-order chi connectivity index (χ0) is 22.3. The number of anilines is 1. The van der Waals surface area contributed by atoms with Crippen LogP contribution >= 0.6 is 11.3 Å². The van der Waals surface area contributed by atoms with E-state index in [9.17, 15) is 9.59 Å². The first kappa shape index (κ1) is 26.9. The average molecular weight is 417 g/mol. The minimum atomic E-state index is -0.673. The van der Waals surface area contributed by atoms with E-state index in [-0.39, 0.29) is 10.3 Å². The predicted octanol–water partition coefficient (Wildman–Crippen LogP) is 6.81. The number of amides is 1. The van der Waals surface area contributed by atoms with Gasteiger partial charge in [0.15, 0.2) is 0 Å². The molecule has 1 aromatic heterocycles. The molecule has 1 fully saturated rings. The molecule has 0 unspecified atom stereocenters. The second kappa shape index (κ2) is 14.8. The monoisotopic (exact) mass is 416 g/mol. The Hall–Kier alpha value is -2.11. The fraction of sp³-hybridized carbons (Fsp3) is 0.625. The predicted molar refractivity (Wildman–Crippen MR) is 123 cm³/mol. The van der Waals surface area contributed by atoms with Crippen molar-refractivity contribution in [1.29, 1.82) is 5.26 Å². The van der Waals surface area contributed by atoms with Crippen molar-refractivity contribution in [3.63, 3.8) is 0 Å². The maximum absolute atomic E-state index is 11.4. The molecule has 1 aliphatic rings. The molecule has 0 aliphatic heterocycles. The highest BCUT2D eigenvalue weighted by molar-refractivity contribution is 7.15. The van der Waals surface area contributed by atoms with Gasteiger partial charge in [-0.05, 0) is 32.8 Å². The van der Waals surface area contributed by atoms with E-state index in [4.69, 9.17) is 5.26 Å². The summed E-state index contributed by atoms with van der Waals surface area (Å²) in [6.45, 7) is 12.6. The average Bonchev–Trinajstić information content (AvgIpc) is 3.10. The number of hydrogen-bond acceptors (Lipinski definition) is 4. The van der Waals surface area contributed by atoms with Crippen molar-refractivity contribution in [3.8, 4) is 17.9 Å². The zero-order valence-electron chi connectivity index (χ0n) is 18.9. The first-order chi connectivity index (χ1) is 13.7. The molecule has 29 heavy (non-hydrogen) atoms. The Labute approximate surface area is 181 Å². The molecule has 5 heteroatoms. The number of nitriles is 1. The molecule has 1 aliphatic carbocycles. The third kappa shape index (κ3) is 12.9. The van der Waals surface area contributed by atoms with E-state index >= 15 is 0 Å². The van der Waals surface area contributed by atoms with Gasteiger partial charge in [0.05, 0.1) is 10.6 Å². The Morgan fingerprint density at radius 1 is 1.24 bits per heavy atom. The van der Waals surface area contributed by atoms with Gasteiger partial charge in [0.25, 0.3) is 5.78 Å². The summed E-state index contributed by atoms with van der Waals surface area (Å²) >= 11 is 1.11. The summed E-state index contributed by atoms with van der Waals surface area (Å²) in [7, 11) is 0. The smallest absolute Gasteiger partial charge is 0.274 e. The van der Waals surface area contributed by atoms with Gasteiger partial charge in [-0.25, -0.2) is 0 Å². The lowest BCUT2D eigenvalue weighted by Crippen LogP contribution is -1.99. The summed E-state index contributed by atoms with van der Waals surface area (Å²) < 4.78 is 0. The molecule has 4 nitrogen and oxygen atoms in total. The molecular formula is C24H36N2O2S. The molecule has 0 saturated heterocycles. The van der Waals surface area contributed by atoms with Gasteiger partial charge in [0.2, 0.25) is 6.41 Å². The lowest BCUT2D eigenvalue weighted by atomic mass is 9.91. The number of thiophene rings is 1. The first-order valence-electron chi connectivity index (χ1n) is 10.5. The highest BCUT2D eigenvalue weighted by Gasteiger charge is 2.15. The van der Waals surface area contributed by atoms with Gasteiger partial charge in [0.1, 0.15) is 10.9 Å². The van der Waals surface area contributed by atoms with Crippen molar-refractivity contribution >= 4 is 29.2 Å². The van der Waals surface area contributed by atoms with Crippen molar-refractivity contribution in [2.75, 3.05) is 5.32 Å². The lowest BCUT2D eigenvalue weighted by Gasteiger charge is -2.15. The van der Waals surface area contributed by atoms with E-state index in [1.165, 1.54) is 51.0 Å². The fourth-order valence-electron chi connectivity index (χ4n) is 2.40. The van der Waals surface area contributed by atoms with Crippen molar-refractivity contribution in [2.45, 2.75) is 86.5 Å². The quantitative estimate of drug-likeness (QED) is 0.253. The minimum Gasteiger partial charge on any atom is -0.327 e. The second-order valence-corrected chi connectivity index (χ2v) is 9.35. The van der Waals surface area contributed by atoms with Crippen LogP contribution in [0.15, 0.2) is 6.07 Å². The highest BCUT2D eigenvalue weighted by atomic mass is 32.1. The second-order valence-electron chi connectivity index (χ2n) is 8.30. The number of unbranched alkanes of at least 4 members (excludes halogenated alkanes) is 1. The van der Waals surface area contributed by atoms with Crippen LogP contribution in [0.4, 0.5) is 5.69 Å². The molecule has 0 atom stereocenters. The Kier molecular flexibility index (Phi) is 13.7. The number of Topliss-reactive ketones (excluding diaryl/α,β-unsaturated/α-hetero) is 1. The van der Waals surface area contributed by atoms with E-state index < -0.39 is 5.78 Å². The number of nitrogens with zero attached hydrogens (tertiary/aromatic N) is 1. The first-order valence-corrected chi connectivity index (χ1v) is 11.3. The molecule has 1 saturated carbocycles. The summed E-state index contributed by atoms with van der Waals surface area (Å²) in [5.74, 6) is 6.32. The van der Waals surface area contributed by atoms with Crippen LogP contribution in [0, 0.1) is 34.5 Å². The third-order valence-corrected chi connectivity index (χ3v) is 5.26. The minimum absolute atomic E-state index is 0.151. The number of hydrogen-bond donors (Lipinski definition) is 1. The van der Waals surface area contributed by atoms with E-state index in [0.29, 0.717) is 17.0 Å². The third-order valence-electron chi connectivity index (χ3n) is 4.21. The SMILES string of the molecule is CC(C)(C)C#Cc1cc(NC=O)c(C(=O)C#N)s1.CC1CCCCC1.CCCC. The van der Waals surface area contributed by atoms with Crippen LogP contribution in [0.5, 0.6) is 0 Å². The number of carbonyl (C=O) groups excluding carboxylic acids is 2.